The summed E-state index contributed by atoms with van der Waals surface area (Å²) in [5, 5.41) is 5.97. The summed E-state index contributed by atoms with van der Waals surface area (Å²) in [5.74, 6) is -0.403. The normalized spacial score (nSPS) is 17.5. The number of anilines is 1. The van der Waals surface area contributed by atoms with Gasteiger partial charge in [0.25, 0.3) is 5.91 Å². The molecule has 2 fully saturated rings. The molecule has 1 aromatic carbocycles. The number of fused-ring (bicyclic) bond motifs is 1. The van der Waals surface area contributed by atoms with Crippen LogP contribution < -0.4 is 9.62 Å². The van der Waals surface area contributed by atoms with Gasteiger partial charge in [0.05, 0.1) is 40.9 Å². The molecule has 5 rings (SSSR count). The summed E-state index contributed by atoms with van der Waals surface area (Å²) in [5.41, 5.74) is 3.35. The van der Waals surface area contributed by atoms with E-state index in [2.05, 4.69) is 14.6 Å². The van der Waals surface area contributed by atoms with Crippen molar-refractivity contribution < 1.29 is 17.9 Å². The van der Waals surface area contributed by atoms with Gasteiger partial charge < -0.3 is 9.64 Å². The first-order valence-electron chi connectivity index (χ1n) is 12.6. The van der Waals surface area contributed by atoms with E-state index in [1.54, 1.807) is 10.7 Å². The second-order valence-electron chi connectivity index (χ2n) is 10.1. The monoisotopic (exact) mass is 511 g/mol. The lowest BCUT2D eigenvalue weighted by Gasteiger charge is -2.35. The molecule has 0 radical (unpaired) electrons. The Morgan fingerprint density at radius 1 is 1.11 bits per heavy atom. The number of hydrogen-bond donors (Lipinski definition) is 1. The molecule has 1 saturated heterocycles. The van der Waals surface area contributed by atoms with Crippen LogP contribution in [0.1, 0.15) is 68.1 Å². The second-order valence-corrected chi connectivity index (χ2v) is 11.8. The number of pyridine rings is 1. The quantitative estimate of drug-likeness (QED) is 0.515. The predicted octanol–water partition coefficient (Wildman–Crippen LogP) is 3.77. The maximum Gasteiger partial charge on any atom is 0.283 e. The van der Waals surface area contributed by atoms with E-state index < -0.39 is 15.9 Å². The zero-order valence-corrected chi connectivity index (χ0v) is 21.8. The predicted molar refractivity (Wildman–Crippen MR) is 139 cm³/mol. The van der Waals surface area contributed by atoms with Crippen LogP contribution in [0.3, 0.4) is 0 Å². The number of amides is 1. The van der Waals surface area contributed by atoms with Crippen LogP contribution in [-0.2, 0) is 14.8 Å². The highest BCUT2D eigenvalue weighted by Crippen LogP contribution is 2.43. The molecule has 1 aliphatic heterocycles. The van der Waals surface area contributed by atoms with E-state index >= 15 is 0 Å². The number of carbonyl (C=O) groups excluding carboxylic acids is 1. The van der Waals surface area contributed by atoms with Crippen LogP contribution in [-0.4, -0.2) is 60.6 Å². The number of carbonyl (C=O) groups is 1. The van der Waals surface area contributed by atoms with Crippen LogP contribution >= 0.6 is 0 Å². The molecule has 1 N–H and O–H groups in total. The van der Waals surface area contributed by atoms with Crippen LogP contribution in [0.25, 0.3) is 16.7 Å². The Labute approximate surface area is 211 Å². The molecule has 0 unspecified atom stereocenters. The molecular formula is C26H33N5O4S. The lowest BCUT2D eigenvalue weighted by Crippen LogP contribution is -2.38. The molecule has 192 valence electrons. The van der Waals surface area contributed by atoms with Crippen molar-refractivity contribution in [2.45, 2.75) is 64.1 Å². The highest BCUT2D eigenvalue weighted by molar-refractivity contribution is 7.89. The van der Waals surface area contributed by atoms with Gasteiger partial charge in [-0.3, -0.25) is 4.79 Å². The smallest absolute Gasteiger partial charge is 0.283 e. The zero-order valence-electron chi connectivity index (χ0n) is 21.0. The maximum absolute atomic E-state index is 12.9. The summed E-state index contributed by atoms with van der Waals surface area (Å²) < 4.78 is 33.5. The van der Waals surface area contributed by atoms with Crippen molar-refractivity contribution in [1.82, 2.24) is 19.5 Å². The highest BCUT2D eigenvalue weighted by atomic mass is 32.2. The molecule has 36 heavy (non-hydrogen) atoms. The molecule has 0 atom stereocenters. The number of sulfonamides is 1. The Balaban J connectivity index is 1.65. The first-order valence-corrected chi connectivity index (χ1v) is 14.5. The van der Waals surface area contributed by atoms with Crippen molar-refractivity contribution in [3.8, 4) is 5.69 Å². The molecule has 2 aliphatic rings. The molecule has 1 amide bonds. The van der Waals surface area contributed by atoms with Crippen LogP contribution in [0, 0.1) is 0 Å². The third kappa shape index (κ3) is 5.10. The van der Waals surface area contributed by atoms with Gasteiger partial charge in [-0.05, 0) is 57.7 Å². The number of benzene rings is 1. The van der Waals surface area contributed by atoms with E-state index in [1.165, 1.54) is 6.42 Å². The molecule has 2 aromatic heterocycles. The number of piperidine rings is 1. The Bertz CT molecular complexity index is 1360. The fourth-order valence-electron chi connectivity index (χ4n) is 5.04. The fraction of sp³-hybridized carbons (Fsp3) is 0.500. The summed E-state index contributed by atoms with van der Waals surface area (Å²) >= 11 is 0. The molecule has 0 bridgehead atoms. The number of nitrogens with zero attached hydrogens (tertiary/aromatic N) is 4. The summed E-state index contributed by atoms with van der Waals surface area (Å²) in [7, 11) is -3.74. The molecule has 1 saturated carbocycles. The molecule has 9 nitrogen and oxygen atoms in total. The fourth-order valence-corrected chi connectivity index (χ4v) is 5.48. The molecular weight excluding hydrogens is 478 g/mol. The van der Waals surface area contributed by atoms with Gasteiger partial charge in [-0.25, -0.2) is 22.8 Å². The molecule has 1 aliphatic carbocycles. The van der Waals surface area contributed by atoms with Crippen LogP contribution in [0.5, 0.6) is 0 Å². The number of ether oxygens (including phenoxy) is 1. The third-order valence-corrected chi connectivity index (χ3v) is 7.45. The van der Waals surface area contributed by atoms with Gasteiger partial charge in [0, 0.05) is 19.0 Å². The van der Waals surface area contributed by atoms with Crippen molar-refractivity contribution in [2.24, 2.45) is 0 Å². The summed E-state index contributed by atoms with van der Waals surface area (Å²) in [4.78, 5) is 19.9. The van der Waals surface area contributed by atoms with E-state index in [9.17, 15) is 13.2 Å². The van der Waals surface area contributed by atoms with Gasteiger partial charge in [0.2, 0.25) is 10.0 Å². The Morgan fingerprint density at radius 3 is 2.39 bits per heavy atom. The van der Waals surface area contributed by atoms with E-state index in [4.69, 9.17) is 9.84 Å². The van der Waals surface area contributed by atoms with E-state index in [1.807, 2.05) is 44.2 Å². The van der Waals surface area contributed by atoms with Crippen LogP contribution in [0.4, 0.5) is 5.69 Å². The summed E-state index contributed by atoms with van der Waals surface area (Å²) in [6.07, 6.45) is 6.39. The molecule has 10 heteroatoms. The molecule has 0 spiro atoms. The molecule has 3 aromatic rings. The minimum absolute atomic E-state index is 0.0562. The number of rotatable bonds is 7. The van der Waals surface area contributed by atoms with E-state index in [-0.39, 0.29) is 17.9 Å². The van der Waals surface area contributed by atoms with Crippen molar-refractivity contribution >= 4 is 32.7 Å². The number of para-hydroxylation sites is 1. The minimum atomic E-state index is -3.74. The second kappa shape index (κ2) is 9.82. The SMILES string of the molecule is CC(C)OC1CCN(c2cc(C(=O)NS(C)(=O)=O)nc3c2c(C2CCC2)nn3-c2ccccc2)CC1. The van der Waals surface area contributed by atoms with Crippen molar-refractivity contribution in [3.05, 3.63) is 47.8 Å². The van der Waals surface area contributed by atoms with Gasteiger partial charge in [-0.2, -0.15) is 5.10 Å². The number of aromatic nitrogens is 3. The third-order valence-electron chi connectivity index (χ3n) is 6.89. The Morgan fingerprint density at radius 2 is 1.81 bits per heavy atom. The molecule has 3 heterocycles. The lowest BCUT2D eigenvalue weighted by atomic mass is 9.82. The van der Waals surface area contributed by atoms with Gasteiger partial charge in [0.1, 0.15) is 5.69 Å². The standard InChI is InChI=1S/C26H33N5O4S/c1-17(2)35-20-12-14-30(15-13-20)22-16-21(26(32)29-36(3,33)34)27-25-23(22)24(18-8-7-9-18)28-31(25)19-10-5-4-6-11-19/h4-6,10-11,16-18,20H,7-9,12-15H2,1-3H3,(H,29,32). The maximum atomic E-state index is 12.9. The van der Waals surface area contributed by atoms with Crippen molar-refractivity contribution in [3.63, 3.8) is 0 Å². The summed E-state index contributed by atoms with van der Waals surface area (Å²) in [6, 6.07) is 11.5. The average molecular weight is 512 g/mol. The topological polar surface area (TPSA) is 106 Å². The van der Waals surface area contributed by atoms with Crippen molar-refractivity contribution in [2.75, 3.05) is 24.2 Å². The van der Waals surface area contributed by atoms with E-state index in [0.29, 0.717) is 11.6 Å². The number of nitrogens with one attached hydrogen (secondary N) is 1. The highest BCUT2D eigenvalue weighted by Gasteiger charge is 2.32. The van der Waals surface area contributed by atoms with E-state index in [0.717, 1.165) is 67.5 Å². The van der Waals surface area contributed by atoms with Gasteiger partial charge in [-0.1, -0.05) is 24.6 Å². The zero-order chi connectivity index (χ0) is 25.4. The van der Waals surface area contributed by atoms with Gasteiger partial charge in [0.15, 0.2) is 5.65 Å². The first-order chi connectivity index (χ1) is 17.2. The number of hydrogen-bond acceptors (Lipinski definition) is 7. The van der Waals surface area contributed by atoms with Crippen LogP contribution in [0.15, 0.2) is 36.4 Å². The Hall–Kier alpha value is -2.98. The first kappa shape index (κ1) is 24.7. The lowest BCUT2D eigenvalue weighted by molar-refractivity contribution is -0.00476. The average Bonchev–Trinajstić information content (AvgIpc) is 3.16. The Kier molecular flexibility index (Phi) is 6.74. The van der Waals surface area contributed by atoms with Gasteiger partial charge in [-0.15, -0.1) is 0 Å². The summed E-state index contributed by atoms with van der Waals surface area (Å²) in [6.45, 7) is 5.64. The largest absolute Gasteiger partial charge is 0.375 e. The van der Waals surface area contributed by atoms with Crippen molar-refractivity contribution in [1.29, 1.82) is 0 Å². The minimum Gasteiger partial charge on any atom is -0.375 e. The van der Waals surface area contributed by atoms with Gasteiger partial charge >= 0.3 is 0 Å². The van der Waals surface area contributed by atoms with Crippen LogP contribution in [0.2, 0.25) is 0 Å².